The Morgan fingerprint density at radius 3 is 1.28 bits per heavy atom. The molecule has 6 rings (SSSR count). The van der Waals surface area contributed by atoms with Gasteiger partial charge in [0.2, 0.25) is 0 Å². The van der Waals surface area contributed by atoms with E-state index in [1.165, 1.54) is 106 Å². The summed E-state index contributed by atoms with van der Waals surface area (Å²) >= 11 is 0. The smallest absolute Gasteiger partial charge is 0.0815 e. The Bertz CT molecular complexity index is 374. The number of hydrogen-bond donors (Lipinski definition) is 0. The van der Waals surface area contributed by atoms with Crippen LogP contribution < -0.4 is 48.0 Å². The Hall–Kier alpha value is 1.38. The van der Waals surface area contributed by atoms with Crippen LogP contribution >= 0.6 is 0 Å². The van der Waals surface area contributed by atoms with Crippen molar-refractivity contribution in [2.75, 3.05) is 52.4 Å². The number of halogens is 2. The minimum atomic E-state index is 0. The fourth-order valence-corrected chi connectivity index (χ4v) is 7.00. The van der Waals surface area contributed by atoms with Gasteiger partial charge in [-0.25, -0.2) is 0 Å². The molecule has 6 fully saturated rings. The van der Waals surface area contributed by atoms with Crippen molar-refractivity contribution >= 4 is 0 Å². The van der Waals surface area contributed by atoms with Crippen LogP contribution in [0.1, 0.15) is 58.8 Å². The highest BCUT2D eigenvalue weighted by Crippen LogP contribution is 2.39. The molecule has 0 aliphatic carbocycles. The molecule has 0 saturated carbocycles. The third kappa shape index (κ3) is 4.87. The normalized spacial score (nSPS) is 44.9. The molecule has 2 atom stereocenters. The average Bonchev–Trinajstić information content (AvgIpc) is 2.56. The highest BCUT2D eigenvalue weighted by atomic mass is 127. The number of fused-ring (bicyclic) bond motifs is 6. The molecule has 4 bridgehead atoms. The number of unbranched alkanes of at least 4 members (excludes halogenated alkanes) is 2. The Morgan fingerprint density at radius 2 is 0.960 bits per heavy atom. The van der Waals surface area contributed by atoms with Gasteiger partial charge in [0.05, 0.1) is 52.4 Å². The first kappa shape index (κ1) is 22.7. The van der Waals surface area contributed by atoms with Crippen molar-refractivity contribution in [3.63, 3.8) is 0 Å². The maximum atomic E-state index is 2.52. The molecular formula is C21H40I2N2. The van der Waals surface area contributed by atoms with Gasteiger partial charge >= 0.3 is 0 Å². The Morgan fingerprint density at radius 1 is 0.600 bits per heavy atom. The minimum absolute atomic E-state index is 0. The van der Waals surface area contributed by atoms with Gasteiger partial charge in [-0.1, -0.05) is 13.8 Å². The molecule has 0 spiro atoms. The minimum Gasteiger partial charge on any atom is -1.00 e. The summed E-state index contributed by atoms with van der Waals surface area (Å²) in [5.74, 6) is 4.17. The largest absolute Gasteiger partial charge is 1.00 e. The summed E-state index contributed by atoms with van der Waals surface area (Å²) in [6.45, 7) is 17.1. The monoisotopic (exact) mass is 574 g/mol. The van der Waals surface area contributed by atoms with Crippen LogP contribution in [0.25, 0.3) is 0 Å². The maximum absolute atomic E-state index is 2.52. The molecule has 0 aromatic rings. The molecule has 0 aromatic heterocycles. The van der Waals surface area contributed by atoms with Crippen molar-refractivity contribution in [2.45, 2.75) is 58.8 Å². The lowest BCUT2D eigenvalue weighted by Gasteiger charge is -2.52. The number of hydrogen-bond acceptors (Lipinski definition) is 0. The Kier molecular flexibility index (Phi) is 8.39. The highest BCUT2D eigenvalue weighted by molar-refractivity contribution is 4.78. The van der Waals surface area contributed by atoms with Gasteiger partial charge in [0.15, 0.2) is 0 Å². The van der Waals surface area contributed by atoms with Gasteiger partial charge in [-0.15, -0.1) is 0 Å². The third-order valence-corrected chi connectivity index (χ3v) is 8.62. The summed E-state index contributed by atoms with van der Waals surface area (Å²) in [6, 6.07) is 0. The van der Waals surface area contributed by atoms with Crippen LogP contribution in [-0.4, -0.2) is 61.3 Å². The molecule has 6 saturated heterocycles. The van der Waals surface area contributed by atoms with Gasteiger partial charge in [-0.2, -0.15) is 0 Å². The topological polar surface area (TPSA) is 0 Å². The molecule has 2 nitrogen and oxygen atoms in total. The standard InChI is InChI=1S/C21H40N2.2HI/c1-18-16-22(12-6-20(18)7-13-22)10-4-3-5-11-23-14-8-21(9-15-23)19(2)17-23;;/h18-21H,3-17H2,1-2H3;2*1H/q+2;;/p-2. The lowest BCUT2D eigenvalue weighted by Crippen LogP contribution is -3.00. The van der Waals surface area contributed by atoms with E-state index in [-0.39, 0.29) is 48.0 Å². The van der Waals surface area contributed by atoms with Crippen molar-refractivity contribution < 1.29 is 56.9 Å². The van der Waals surface area contributed by atoms with Gasteiger partial charge < -0.3 is 56.9 Å². The zero-order valence-electron chi connectivity index (χ0n) is 16.6. The predicted molar refractivity (Wildman–Crippen MR) is 97.1 cm³/mol. The van der Waals surface area contributed by atoms with E-state index in [4.69, 9.17) is 0 Å². The number of nitrogens with zero attached hydrogens (tertiary/aromatic N) is 2. The molecule has 6 aliphatic heterocycles. The fourth-order valence-electron chi connectivity index (χ4n) is 7.00. The molecule has 0 aromatic carbocycles. The quantitative estimate of drug-likeness (QED) is 0.194. The first-order chi connectivity index (χ1) is 11.1. The van der Waals surface area contributed by atoms with Crippen molar-refractivity contribution in [2.24, 2.45) is 23.7 Å². The molecule has 0 radical (unpaired) electrons. The second kappa shape index (κ2) is 9.25. The molecule has 6 heterocycles. The van der Waals surface area contributed by atoms with Crippen LogP contribution in [0.2, 0.25) is 0 Å². The number of rotatable bonds is 6. The molecule has 25 heavy (non-hydrogen) atoms. The molecule has 4 heteroatoms. The van der Waals surface area contributed by atoms with E-state index in [1.807, 2.05) is 0 Å². The van der Waals surface area contributed by atoms with Crippen molar-refractivity contribution in [3.05, 3.63) is 0 Å². The van der Waals surface area contributed by atoms with Crippen molar-refractivity contribution in [1.29, 1.82) is 0 Å². The van der Waals surface area contributed by atoms with E-state index in [9.17, 15) is 0 Å². The van der Waals surface area contributed by atoms with Gasteiger partial charge in [0, 0.05) is 37.5 Å². The SMILES string of the molecule is CC1C[N+]2(CCCCC[N+]34CCC(CC3)C(C)C4)CCC1CC2.[I-].[I-]. The fraction of sp³-hybridized carbons (Fsp3) is 1.00. The van der Waals surface area contributed by atoms with E-state index >= 15 is 0 Å². The van der Waals surface area contributed by atoms with Crippen LogP contribution in [0, 0.1) is 23.7 Å². The molecule has 0 amide bonds. The summed E-state index contributed by atoms with van der Waals surface area (Å²) in [7, 11) is 0. The average molecular weight is 574 g/mol. The molecule has 6 aliphatic rings. The van der Waals surface area contributed by atoms with E-state index in [0.29, 0.717) is 0 Å². The molecular weight excluding hydrogens is 534 g/mol. The Labute approximate surface area is 190 Å². The lowest BCUT2D eigenvalue weighted by molar-refractivity contribution is -0.948. The lowest BCUT2D eigenvalue weighted by atomic mass is 9.78. The highest BCUT2D eigenvalue weighted by Gasteiger charge is 2.44. The van der Waals surface area contributed by atoms with E-state index in [1.54, 1.807) is 0 Å². The summed E-state index contributed by atoms with van der Waals surface area (Å²) in [4.78, 5) is 0. The van der Waals surface area contributed by atoms with Crippen LogP contribution in [0.5, 0.6) is 0 Å². The molecule has 2 unspecified atom stereocenters. The summed E-state index contributed by atoms with van der Waals surface area (Å²) < 4.78 is 2.99. The first-order valence-electron chi connectivity index (χ1n) is 10.8. The zero-order valence-corrected chi connectivity index (χ0v) is 20.9. The second-order valence-electron chi connectivity index (χ2n) is 10.1. The van der Waals surface area contributed by atoms with Crippen LogP contribution in [0.3, 0.4) is 0 Å². The number of quaternary nitrogens is 2. The van der Waals surface area contributed by atoms with Crippen molar-refractivity contribution in [3.8, 4) is 0 Å². The van der Waals surface area contributed by atoms with E-state index < -0.39 is 0 Å². The molecule has 0 N–H and O–H groups in total. The van der Waals surface area contributed by atoms with Gasteiger partial charge in [0.1, 0.15) is 0 Å². The zero-order chi connectivity index (χ0) is 15.9. The van der Waals surface area contributed by atoms with E-state index in [2.05, 4.69) is 13.8 Å². The number of piperidine rings is 6. The molecule has 148 valence electrons. The van der Waals surface area contributed by atoms with Crippen LogP contribution in [0.4, 0.5) is 0 Å². The van der Waals surface area contributed by atoms with Gasteiger partial charge in [0.25, 0.3) is 0 Å². The van der Waals surface area contributed by atoms with Gasteiger partial charge in [-0.3, -0.25) is 0 Å². The summed E-state index contributed by atoms with van der Waals surface area (Å²) in [5, 5.41) is 0. The van der Waals surface area contributed by atoms with E-state index in [0.717, 1.165) is 23.7 Å². The Balaban J connectivity index is 0.00000113. The summed E-state index contributed by atoms with van der Waals surface area (Å²) in [5.41, 5.74) is 0. The van der Waals surface area contributed by atoms with Crippen molar-refractivity contribution in [1.82, 2.24) is 0 Å². The van der Waals surface area contributed by atoms with Crippen LogP contribution in [-0.2, 0) is 0 Å². The van der Waals surface area contributed by atoms with Gasteiger partial charge in [-0.05, 0) is 31.1 Å². The third-order valence-electron chi connectivity index (χ3n) is 8.62. The predicted octanol–water partition coefficient (Wildman–Crippen LogP) is -2.08. The first-order valence-corrected chi connectivity index (χ1v) is 10.8. The maximum Gasteiger partial charge on any atom is 0.0815 e. The second-order valence-corrected chi connectivity index (χ2v) is 10.1. The van der Waals surface area contributed by atoms with Crippen LogP contribution in [0.15, 0.2) is 0 Å². The summed E-state index contributed by atoms with van der Waals surface area (Å²) in [6.07, 6.45) is 10.6.